The Morgan fingerprint density at radius 3 is 2.50 bits per heavy atom. The standard InChI is InChI=1S/C14H19N5O.2ClH/c1-9-6-11(3)19(18-9)13-5-4-12(8-16-13)14(20)17-10(2)7-15;;/h4-6,8,10H,7,15H2,1-3H3,(H,17,20);2*1H/t10-;;/m0../s1. The molecule has 0 spiro atoms. The van der Waals surface area contributed by atoms with E-state index < -0.39 is 0 Å². The van der Waals surface area contributed by atoms with Gasteiger partial charge in [0, 0.05) is 24.5 Å². The van der Waals surface area contributed by atoms with Crippen LogP contribution >= 0.6 is 24.8 Å². The van der Waals surface area contributed by atoms with Crippen molar-refractivity contribution in [3.05, 3.63) is 41.3 Å². The second kappa shape index (κ2) is 8.73. The number of carbonyl (C=O) groups excluding carboxylic acids is 1. The number of rotatable bonds is 4. The van der Waals surface area contributed by atoms with Gasteiger partial charge in [-0.2, -0.15) is 5.10 Å². The van der Waals surface area contributed by atoms with E-state index in [1.165, 1.54) is 0 Å². The summed E-state index contributed by atoms with van der Waals surface area (Å²) in [5.74, 6) is 0.523. The monoisotopic (exact) mass is 345 g/mol. The molecular weight excluding hydrogens is 325 g/mol. The van der Waals surface area contributed by atoms with E-state index >= 15 is 0 Å². The topological polar surface area (TPSA) is 85.8 Å². The van der Waals surface area contributed by atoms with Crippen molar-refractivity contribution in [3.63, 3.8) is 0 Å². The van der Waals surface area contributed by atoms with Crippen molar-refractivity contribution in [2.24, 2.45) is 5.73 Å². The van der Waals surface area contributed by atoms with E-state index in [0.717, 1.165) is 11.4 Å². The normalized spacial score (nSPS) is 11.1. The molecule has 0 aromatic carbocycles. The molecule has 1 amide bonds. The molecule has 0 unspecified atom stereocenters. The van der Waals surface area contributed by atoms with Crippen LogP contribution in [0.5, 0.6) is 0 Å². The van der Waals surface area contributed by atoms with Crippen molar-refractivity contribution in [3.8, 4) is 5.82 Å². The van der Waals surface area contributed by atoms with Crippen molar-refractivity contribution in [2.75, 3.05) is 6.54 Å². The highest BCUT2D eigenvalue weighted by atomic mass is 35.5. The van der Waals surface area contributed by atoms with Gasteiger partial charge in [0.1, 0.15) is 0 Å². The van der Waals surface area contributed by atoms with Crippen LogP contribution in [-0.4, -0.2) is 33.3 Å². The van der Waals surface area contributed by atoms with Crippen LogP contribution in [0.4, 0.5) is 0 Å². The number of aryl methyl sites for hydroxylation is 2. The van der Waals surface area contributed by atoms with Gasteiger partial charge in [-0.15, -0.1) is 24.8 Å². The molecule has 1 atom stereocenters. The highest BCUT2D eigenvalue weighted by Gasteiger charge is 2.10. The summed E-state index contributed by atoms with van der Waals surface area (Å²) < 4.78 is 1.75. The summed E-state index contributed by atoms with van der Waals surface area (Å²) in [5.41, 5.74) is 7.92. The van der Waals surface area contributed by atoms with Gasteiger partial charge < -0.3 is 11.1 Å². The summed E-state index contributed by atoms with van der Waals surface area (Å²) in [5, 5.41) is 7.15. The molecule has 2 heterocycles. The molecule has 0 saturated heterocycles. The quantitative estimate of drug-likeness (QED) is 0.884. The molecule has 0 aliphatic rings. The van der Waals surface area contributed by atoms with Crippen LogP contribution < -0.4 is 11.1 Å². The maximum Gasteiger partial charge on any atom is 0.253 e. The molecule has 0 saturated carbocycles. The number of pyridine rings is 1. The zero-order chi connectivity index (χ0) is 14.7. The average molecular weight is 346 g/mol. The average Bonchev–Trinajstić information content (AvgIpc) is 2.77. The van der Waals surface area contributed by atoms with Crippen molar-refractivity contribution in [1.29, 1.82) is 0 Å². The molecule has 8 heteroatoms. The molecular formula is C14H21Cl2N5O. The van der Waals surface area contributed by atoms with Crippen LogP contribution in [0.25, 0.3) is 5.82 Å². The number of halogens is 2. The molecule has 0 aliphatic carbocycles. The number of carbonyl (C=O) groups is 1. The molecule has 2 aromatic rings. The largest absolute Gasteiger partial charge is 0.348 e. The summed E-state index contributed by atoms with van der Waals surface area (Å²) in [7, 11) is 0. The summed E-state index contributed by atoms with van der Waals surface area (Å²) in [6.07, 6.45) is 1.55. The number of hydrogen-bond donors (Lipinski definition) is 2. The van der Waals surface area contributed by atoms with Crippen molar-refractivity contribution in [2.45, 2.75) is 26.8 Å². The Labute approximate surface area is 142 Å². The molecule has 2 rings (SSSR count). The number of nitrogens with two attached hydrogens (primary N) is 1. The van der Waals surface area contributed by atoms with Gasteiger partial charge in [0.25, 0.3) is 5.91 Å². The fourth-order valence-corrected chi connectivity index (χ4v) is 1.87. The number of nitrogens with zero attached hydrogens (tertiary/aromatic N) is 3. The van der Waals surface area contributed by atoms with Crippen molar-refractivity contribution < 1.29 is 4.79 Å². The van der Waals surface area contributed by atoms with Gasteiger partial charge in [-0.1, -0.05) is 0 Å². The lowest BCUT2D eigenvalue weighted by Gasteiger charge is -2.11. The molecule has 22 heavy (non-hydrogen) atoms. The van der Waals surface area contributed by atoms with Gasteiger partial charge in [-0.25, -0.2) is 9.67 Å². The number of nitrogens with one attached hydrogen (secondary N) is 1. The molecule has 6 nitrogen and oxygen atoms in total. The fraction of sp³-hybridized carbons (Fsp3) is 0.357. The third kappa shape index (κ3) is 4.69. The summed E-state index contributed by atoms with van der Waals surface area (Å²) in [6, 6.07) is 5.43. The Kier molecular flexibility index (Phi) is 8.08. The van der Waals surface area contributed by atoms with E-state index in [0.29, 0.717) is 17.9 Å². The highest BCUT2D eigenvalue weighted by Crippen LogP contribution is 2.10. The lowest BCUT2D eigenvalue weighted by Crippen LogP contribution is -2.37. The molecule has 0 fully saturated rings. The summed E-state index contributed by atoms with van der Waals surface area (Å²) >= 11 is 0. The summed E-state index contributed by atoms with van der Waals surface area (Å²) in [6.45, 7) is 6.16. The van der Waals surface area contributed by atoms with E-state index in [1.807, 2.05) is 26.8 Å². The molecule has 0 aliphatic heterocycles. The third-order valence-electron chi connectivity index (χ3n) is 2.97. The molecule has 0 bridgehead atoms. The first-order valence-corrected chi connectivity index (χ1v) is 6.52. The van der Waals surface area contributed by atoms with Gasteiger partial charge in [0.05, 0.1) is 11.3 Å². The van der Waals surface area contributed by atoms with Crippen LogP contribution in [0.15, 0.2) is 24.4 Å². The number of hydrogen-bond acceptors (Lipinski definition) is 4. The van der Waals surface area contributed by atoms with E-state index in [-0.39, 0.29) is 36.8 Å². The van der Waals surface area contributed by atoms with E-state index in [2.05, 4.69) is 15.4 Å². The first-order valence-electron chi connectivity index (χ1n) is 6.52. The zero-order valence-corrected chi connectivity index (χ0v) is 14.4. The Bertz CT molecular complexity index is 612. The third-order valence-corrected chi connectivity index (χ3v) is 2.97. The van der Waals surface area contributed by atoms with E-state index in [1.54, 1.807) is 23.0 Å². The maximum atomic E-state index is 11.9. The van der Waals surface area contributed by atoms with Gasteiger partial charge in [0.15, 0.2) is 5.82 Å². The molecule has 0 radical (unpaired) electrons. The van der Waals surface area contributed by atoms with Gasteiger partial charge >= 0.3 is 0 Å². The van der Waals surface area contributed by atoms with Crippen LogP contribution in [-0.2, 0) is 0 Å². The lowest BCUT2D eigenvalue weighted by atomic mass is 10.2. The predicted octanol–water partition coefficient (Wildman–Crippen LogP) is 1.80. The maximum absolute atomic E-state index is 11.9. The van der Waals surface area contributed by atoms with Crippen molar-refractivity contribution in [1.82, 2.24) is 20.1 Å². The minimum Gasteiger partial charge on any atom is -0.348 e. The molecule has 3 N–H and O–H groups in total. The van der Waals surface area contributed by atoms with E-state index in [4.69, 9.17) is 5.73 Å². The fourth-order valence-electron chi connectivity index (χ4n) is 1.87. The second-order valence-electron chi connectivity index (χ2n) is 4.85. The van der Waals surface area contributed by atoms with Gasteiger partial charge in [-0.3, -0.25) is 4.79 Å². The van der Waals surface area contributed by atoms with Gasteiger partial charge in [-0.05, 0) is 39.0 Å². The Morgan fingerprint density at radius 2 is 2.05 bits per heavy atom. The van der Waals surface area contributed by atoms with Crippen LogP contribution in [0.1, 0.15) is 28.7 Å². The zero-order valence-electron chi connectivity index (χ0n) is 12.7. The Balaban J connectivity index is 0.00000220. The van der Waals surface area contributed by atoms with Crippen molar-refractivity contribution >= 4 is 30.7 Å². The predicted molar refractivity (Wildman–Crippen MR) is 91.3 cm³/mol. The lowest BCUT2D eigenvalue weighted by molar-refractivity contribution is 0.0941. The molecule has 122 valence electrons. The minimum atomic E-state index is -0.171. The Morgan fingerprint density at radius 1 is 1.36 bits per heavy atom. The van der Waals surface area contributed by atoms with E-state index in [9.17, 15) is 4.79 Å². The summed E-state index contributed by atoms with van der Waals surface area (Å²) in [4.78, 5) is 16.2. The minimum absolute atomic E-state index is 0. The Hall–Kier alpha value is -1.63. The van der Waals surface area contributed by atoms with Crippen LogP contribution in [0.3, 0.4) is 0 Å². The van der Waals surface area contributed by atoms with Crippen LogP contribution in [0.2, 0.25) is 0 Å². The highest BCUT2D eigenvalue weighted by molar-refractivity contribution is 5.94. The smallest absolute Gasteiger partial charge is 0.253 e. The van der Waals surface area contributed by atoms with Gasteiger partial charge in [0.2, 0.25) is 0 Å². The number of amides is 1. The second-order valence-corrected chi connectivity index (χ2v) is 4.85. The van der Waals surface area contributed by atoms with Crippen LogP contribution in [0, 0.1) is 13.8 Å². The number of aromatic nitrogens is 3. The molecule has 2 aromatic heterocycles. The first-order chi connectivity index (χ1) is 9.51. The first kappa shape index (κ1) is 20.4. The SMILES string of the molecule is Cc1cc(C)n(-c2ccc(C(=O)N[C@@H](C)CN)cn2)n1.Cl.Cl.